The van der Waals surface area contributed by atoms with E-state index in [9.17, 15) is 4.79 Å². The summed E-state index contributed by atoms with van der Waals surface area (Å²) in [5, 5.41) is 2.99. The molecule has 98 valence electrons. The van der Waals surface area contributed by atoms with Gasteiger partial charge in [-0.05, 0) is 48.3 Å². The monoisotopic (exact) mass is 311 g/mol. The van der Waals surface area contributed by atoms with Crippen LogP contribution < -0.4 is 5.32 Å². The van der Waals surface area contributed by atoms with Crippen molar-refractivity contribution in [1.29, 1.82) is 0 Å². The summed E-state index contributed by atoms with van der Waals surface area (Å²) in [6.07, 6.45) is 1.27. The van der Waals surface area contributed by atoms with Crippen LogP contribution in [0.4, 0.5) is 0 Å². The molecule has 0 spiro atoms. The van der Waals surface area contributed by atoms with Crippen molar-refractivity contribution in [3.63, 3.8) is 0 Å². The molecule has 1 fully saturated rings. The first kappa shape index (κ1) is 13.6. The molecular formula is C14H18BrNO2. The van der Waals surface area contributed by atoms with E-state index in [1.807, 2.05) is 25.1 Å². The summed E-state index contributed by atoms with van der Waals surface area (Å²) in [5.74, 6) is 0.405. The van der Waals surface area contributed by atoms with Gasteiger partial charge in [-0.25, -0.2) is 0 Å². The average molecular weight is 312 g/mol. The number of nitrogens with one attached hydrogen (secondary N) is 1. The minimum absolute atomic E-state index is 0.0234. The Morgan fingerprint density at radius 1 is 1.56 bits per heavy atom. The van der Waals surface area contributed by atoms with E-state index < -0.39 is 0 Å². The molecule has 1 saturated heterocycles. The summed E-state index contributed by atoms with van der Waals surface area (Å²) in [6, 6.07) is 5.79. The van der Waals surface area contributed by atoms with E-state index in [4.69, 9.17) is 4.74 Å². The molecule has 2 atom stereocenters. The van der Waals surface area contributed by atoms with Gasteiger partial charge >= 0.3 is 0 Å². The highest BCUT2D eigenvalue weighted by Crippen LogP contribution is 2.21. The fourth-order valence-corrected chi connectivity index (χ4v) is 2.60. The Bertz CT molecular complexity index is 447. The van der Waals surface area contributed by atoms with Gasteiger partial charge in [-0.15, -0.1) is 0 Å². The standard InChI is InChI=1S/C14H18BrNO2/c1-9-3-4-13(15)12(7-9)14(17)16-8-11-5-6-18-10(11)2/h3-4,7,10-11H,5-6,8H2,1-2H3,(H,16,17). The molecule has 1 aromatic carbocycles. The number of carbonyl (C=O) groups excluding carboxylic acids is 1. The lowest BCUT2D eigenvalue weighted by Gasteiger charge is -2.15. The third-order valence-corrected chi connectivity index (χ3v) is 4.12. The highest BCUT2D eigenvalue weighted by molar-refractivity contribution is 9.10. The van der Waals surface area contributed by atoms with E-state index in [-0.39, 0.29) is 12.0 Å². The number of benzene rings is 1. The Balaban J connectivity index is 1.97. The molecule has 2 rings (SSSR count). The largest absolute Gasteiger partial charge is 0.378 e. The number of ether oxygens (including phenoxy) is 1. The lowest BCUT2D eigenvalue weighted by molar-refractivity contribution is 0.0906. The topological polar surface area (TPSA) is 38.3 Å². The first-order chi connectivity index (χ1) is 8.58. The van der Waals surface area contributed by atoms with E-state index in [1.54, 1.807) is 0 Å². The number of halogens is 1. The second kappa shape index (κ2) is 5.85. The van der Waals surface area contributed by atoms with Gasteiger partial charge in [-0.1, -0.05) is 11.6 Å². The van der Waals surface area contributed by atoms with Crippen LogP contribution in [0.3, 0.4) is 0 Å². The summed E-state index contributed by atoms with van der Waals surface area (Å²) < 4.78 is 6.32. The second-order valence-electron chi connectivity index (χ2n) is 4.82. The normalized spacial score (nSPS) is 23.1. The lowest BCUT2D eigenvalue weighted by atomic mass is 10.0. The molecule has 0 radical (unpaired) electrons. The quantitative estimate of drug-likeness (QED) is 0.932. The first-order valence-corrected chi connectivity index (χ1v) is 7.03. The number of aryl methyl sites for hydroxylation is 1. The number of rotatable bonds is 3. The SMILES string of the molecule is Cc1ccc(Br)c(C(=O)NCC2CCOC2C)c1. The van der Waals surface area contributed by atoms with Crippen molar-refractivity contribution >= 4 is 21.8 Å². The predicted molar refractivity (Wildman–Crippen MR) is 74.7 cm³/mol. The van der Waals surface area contributed by atoms with Gasteiger partial charge in [0.05, 0.1) is 11.7 Å². The number of amides is 1. The molecule has 1 aromatic rings. The molecule has 4 heteroatoms. The fourth-order valence-electron chi connectivity index (χ4n) is 2.18. The van der Waals surface area contributed by atoms with Crippen molar-refractivity contribution in [2.45, 2.75) is 26.4 Å². The van der Waals surface area contributed by atoms with E-state index in [0.29, 0.717) is 18.0 Å². The van der Waals surface area contributed by atoms with Gasteiger partial charge in [0.2, 0.25) is 0 Å². The first-order valence-electron chi connectivity index (χ1n) is 6.24. The zero-order valence-electron chi connectivity index (χ0n) is 10.7. The van der Waals surface area contributed by atoms with E-state index in [2.05, 4.69) is 28.2 Å². The maximum atomic E-state index is 12.1. The van der Waals surface area contributed by atoms with Crippen molar-refractivity contribution in [1.82, 2.24) is 5.32 Å². The zero-order valence-corrected chi connectivity index (χ0v) is 12.3. The van der Waals surface area contributed by atoms with Crippen LogP contribution in [0, 0.1) is 12.8 Å². The van der Waals surface area contributed by atoms with Gasteiger partial charge in [0.25, 0.3) is 5.91 Å². The molecule has 1 aliphatic heterocycles. The summed E-state index contributed by atoms with van der Waals surface area (Å²) in [7, 11) is 0. The predicted octanol–water partition coefficient (Wildman–Crippen LogP) is 2.91. The zero-order chi connectivity index (χ0) is 13.1. The molecule has 0 bridgehead atoms. The van der Waals surface area contributed by atoms with E-state index >= 15 is 0 Å². The highest BCUT2D eigenvalue weighted by Gasteiger charge is 2.24. The minimum atomic E-state index is -0.0234. The summed E-state index contributed by atoms with van der Waals surface area (Å²) in [4.78, 5) is 12.1. The van der Waals surface area contributed by atoms with Crippen molar-refractivity contribution in [2.75, 3.05) is 13.2 Å². The Kier molecular flexibility index (Phi) is 4.40. The molecule has 1 N–H and O–H groups in total. The third kappa shape index (κ3) is 3.12. The number of carbonyl (C=O) groups is 1. The van der Waals surface area contributed by atoms with Crippen LogP contribution in [0.5, 0.6) is 0 Å². The van der Waals surface area contributed by atoms with Crippen LogP contribution >= 0.6 is 15.9 Å². The van der Waals surface area contributed by atoms with Crippen molar-refractivity contribution in [2.24, 2.45) is 5.92 Å². The highest BCUT2D eigenvalue weighted by atomic mass is 79.9. The number of hydrogen-bond donors (Lipinski definition) is 1. The molecule has 1 aliphatic rings. The summed E-state index contributed by atoms with van der Waals surface area (Å²) >= 11 is 3.41. The maximum Gasteiger partial charge on any atom is 0.252 e. The van der Waals surface area contributed by atoms with Crippen LogP contribution in [0.2, 0.25) is 0 Å². The van der Waals surface area contributed by atoms with Crippen molar-refractivity contribution in [3.8, 4) is 0 Å². The molecule has 1 heterocycles. The maximum absolute atomic E-state index is 12.1. The van der Waals surface area contributed by atoms with Gasteiger partial charge in [-0.2, -0.15) is 0 Å². The molecule has 0 saturated carbocycles. The minimum Gasteiger partial charge on any atom is -0.378 e. The summed E-state index contributed by atoms with van der Waals surface area (Å²) in [6.45, 7) is 5.53. The number of hydrogen-bond acceptors (Lipinski definition) is 2. The molecular weight excluding hydrogens is 294 g/mol. The second-order valence-corrected chi connectivity index (χ2v) is 5.67. The van der Waals surface area contributed by atoms with Gasteiger partial charge in [0.1, 0.15) is 0 Å². The Hall–Kier alpha value is -0.870. The van der Waals surface area contributed by atoms with Gasteiger partial charge < -0.3 is 10.1 Å². The van der Waals surface area contributed by atoms with Crippen LogP contribution in [0.25, 0.3) is 0 Å². The molecule has 2 unspecified atom stereocenters. The molecule has 3 nitrogen and oxygen atoms in total. The van der Waals surface area contributed by atoms with Crippen molar-refractivity contribution < 1.29 is 9.53 Å². The van der Waals surface area contributed by atoms with Gasteiger partial charge in [0.15, 0.2) is 0 Å². The third-order valence-electron chi connectivity index (χ3n) is 3.42. The van der Waals surface area contributed by atoms with Gasteiger partial charge in [-0.3, -0.25) is 4.79 Å². The van der Waals surface area contributed by atoms with Crippen LogP contribution in [0.1, 0.15) is 29.3 Å². The lowest BCUT2D eigenvalue weighted by Crippen LogP contribution is -2.32. The van der Waals surface area contributed by atoms with Crippen LogP contribution in [0.15, 0.2) is 22.7 Å². The average Bonchev–Trinajstić information content (AvgIpc) is 2.75. The summed E-state index contributed by atoms with van der Waals surface area (Å²) in [5.41, 5.74) is 1.78. The Morgan fingerprint density at radius 3 is 3.00 bits per heavy atom. The van der Waals surface area contributed by atoms with Gasteiger partial charge in [0, 0.05) is 23.5 Å². The van der Waals surface area contributed by atoms with Crippen LogP contribution in [-0.4, -0.2) is 25.2 Å². The Morgan fingerprint density at radius 2 is 2.33 bits per heavy atom. The van der Waals surface area contributed by atoms with Crippen LogP contribution in [-0.2, 0) is 4.74 Å². The smallest absolute Gasteiger partial charge is 0.252 e. The fraction of sp³-hybridized carbons (Fsp3) is 0.500. The van der Waals surface area contributed by atoms with E-state index in [0.717, 1.165) is 23.1 Å². The van der Waals surface area contributed by atoms with E-state index in [1.165, 1.54) is 0 Å². The molecule has 0 aromatic heterocycles. The molecule has 1 amide bonds. The molecule has 0 aliphatic carbocycles. The van der Waals surface area contributed by atoms with Crippen molar-refractivity contribution in [3.05, 3.63) is 33.8 Å². The molecule has 18 heavy (non-hydrogen) atoms. The Labute approximate surface area is 116 Å².